The first-order valence-corrected chi connectivity index (χ1v) is 6.88. The van der Waals surface area contributed by atoms with E-state index >= 15 is 0 Å². The van der Waals surface area contributed by atoms with Gasteiger partial charge in [-0.3, -0.25) is 10.2 Å². The van der Waals surface area contributed by atoms with Crippen molar-refractivity contribution < 1.29 is 13.9 Å². The van der Waals surface area contributed by atoms with Crippen LogP contribution in [0, 0.1) is 28.1 Å². The molecule has 0 bridgehead atoms. The lowest BCUT2D eigenvalue weighted by Gasteiger charge is -2.38. The molecular formula is C16H16N2O3. The van der Waals surface area contributed by atoms with E-state index in [1.165, 1.54) is 6.26 Å². The van der Waals surface area contributed by atoms with Crippen LogP contribution in [0.4, 0.5) is 0 Å². The van der Waals surface area contributed by atoms with Crippen LogP contribution < -0.4 is 0 Å². The van der Waals surface area contributed by atoms with E-state index in [0.717, 1.165) is 0 Å². The van der Waals surface area contributed by atoms with Crippen molar-refractivity contribution in [3.63, 3.8) is 0 Å². The average Bonchev–Trinajstić information content (AvgIpc) is 2.88. The molecule has 2 aliphatic rings. The Kier molecular flexibility index (Phi) is 2.98. The standard InChI is InChI=1S/C16H16N2O3/c1-16(2)6-10(19)14-12(7-16)21-15(18)9(8-17)13(14)11-4-3-5-20-11/h3-5,9,13,18H,6-7H2,1-2H3/t9?,13-/m0/s1. The van der Waals surface area contributed by atoms with Crippen molar-refractivity contribution in [2.75, 3.05) is 0 Å². The van der Waals surface area contributed by atoms with Crippen molar-refractivity contribution in [3.05, 3.63) is 35.5 Å². The number of furan rings is 1. The fourth-order valence-corrected chi connectivity index (χ4v) is 3.14. The predicted molar refractivity (Wildman–Crippen MR) is 74.4 cm³/mol. The third kappa shape index (κ3) is 2.17. The molecule has 1 aliphatic carbocycles. The van der Waals surface area contributed by atoms with E-state index in [1.807, 2.05) is 13.8 Å². The summed E-state index contributed by atoms with van der Waals surface area (Å²) in [5.41, 5.74) is 0.315. The van der Waals surface area contributed by atoms with Crippen molar-refractivity contribution in [2.45, 2.75) is 32.6 Å². The maximum atomic E-state index is 12.6. The van der Waals surface area contributed by atoms with Crippen molar-refractivity contribution in [1.29, 1.82) is 10.7 Å². The number of nitriles is 1. The van der Waals surface area contributed by atoms with E-state index < -0.39 is 11.8 Å². The molecule has 1 unspecified atom stereocenters. The lowest BCUT2D eigenvalue weighted by atomic mass is 9.69. The van der Waals surface area contributed by atoms with Gasteiger partial charge in [-0.1, -0.05) is 13.8 Å². The quantitative estimate of drug-likeness (QED) is 0.858. The van der Waals surface area contributed by atoms with Crippen molar-refractivity contribution in [2.24, 2.45) is 11.3 Å². The molecule has 0 amide bonds. The molecule has 2 heterocycles. The summed E-state index contributed by atoms with van der Waals surface area (Å²) >= 11 is 0. The summed E-state index contributed by atoms with van der Waals surface area (Å²) in [6.07, 6.45) is 2.52. The first-order valence-electron chi connectivity index (χ1n) is 6.88. The number of ether oxygens (including phenoxy) is 1. The normalized spacial score (nSPS) is 27.9. The van der Waals surface area contributed by atoms with Crippen LogP contribution in [0.2, 0.25) is 0 Å². The molecule has 1 N–H and O–H groups in total. The van der Waals surface area contributed by atoms with Gasteiger partial charge in [-0.05, 0) is 17.5 Å². The van der Waals surface area contributed by atoms with Gasteiger partial charge in [0.1, 0.15) is 17.4 Å². The van der Waals surface area contributed by atoms with Crippen LogP contribution in [-0.4, -0.2) is 11.7 Å². The van der Waals surface area contributed by atoms with Crippen LogP contribution in [0.25, 0.3) is 0 Å². The predicted octanol–water partition coefficient (Wildman–Crippen LogP) is 3.15. The van der Waals surface area contributed by atoms with Crippen LogP contribution in [0.3, 0.4) is 0 Å². The zero-order valence-corrected chi connectivity index (χ0v) is 12.0. The summed E-state index contributed by atoms with van der Waals surface area (Å²) < 4.78 is 10.9. The monoisotopic (exact) mass is 284 g/mol. The van der Waals surface area contributed by atoms with Crippen LogP contribution in [0.1, 0.15) is 38.4 Å². The van der Waals surface area contributed by atoms with Crippen molar-refractivity contribution >= 4 is 11.7 Å². The van der Waals surface area contributed by atoms with Crippen molar-refractivity contribution in [3.8, 4) is 6.07 Å². The summed E-state index contributed by atoms with van der Waals surface area (Å²) in [6, 6.07) is 5.53. The zero-order chi connectivity index (χ0) is 15.2. The van der Waals surface area contributed by atoms with Gasteiger partial charge in [-0.15, -0.1) is 0 Å². The topological polar surface area (TPSA) is 87.1 Å². The maximum Gasteiger partial charge on any atom is 0.205 e. The lowest BCUT2D eigenvalue weighted by Crippen LogP contribution is -2.38. The number of nitrogens with one attached hydrogen (secondary N) is 1. The van der Waals surface area contributed by atoms with E-state index in [4.69, 9.17) is 14.6 Å². The number of carbonyl (C=O) groups is 1. The van der Waals surface area contributed by atoms with Crippen LogP contribution >= 0.6 is 0 Å². The number of rotatable bonds is 1. The maximum absolute atomic E-state index is 12.6. The number of Topliss-reactive ketones (excluding diaryl/α,β-unsaturated/α-hetero) is 1. The molecule has 0 aromatic carbocycles. The summed E-state index contributed by atoms with van der Waals surface area (Å²) in [6.45, 7) is 4.00. The van der Waals surface area contributed by atoms with Gasteiger partial charge in [0, 0.05) is 18.4 Å². The van der Waals surface area contributed by atoms with Crippen LogP contribution in [-0.2, 0) is 9.53 Å². The summed E-state index contributed by atoms with van der Waals surface area (Å²) in [4.78, 5) is 12.6. The summed E-state index contributed by atoms with van der Waals surface area (Å²) in [7, 11) is 0. The highest BCUT2D eigenvalue weighted by atomic mass is 16.5. The van der Waals surface area contributed by atoms with E-state index in [0.29, 0.717) is 29.9 Å². The minimum absolute atomic E-state index is 0.0181. The van der Waals surface area contributed by atoms with E-state index in [2.05, 4.69) is 6.07 Å². The SMILES string of the molecule is CC1(C)CC(=O)C2=C(C1)OC(=N)C(C#N)[C@H]2c1ccco1. The van der Waals surface area contributed by atoms with Crippen LogP contribution in [0.15, 0.2) is 34.1 Å². The van der Waals surface area contributed by atoms with Gasteiger partial charge >= 0.3 is 0 Å². The summed E-state index contributed by atoms with van der Waals surface area (Å²) in [5.74, 6) is -0.423. The van der Waals surface area contributed by atoms with E-state index in [-0.39, 0.29) is 17.1 Å². The number of ketones is 1. The van der Waals surface area contributed by atoms with Gasteiger partial charge in [0.05, 0.1) is 18.3 Å². The first-order chi connectivity index (χ1) is 9.93. The van der Waals surface area contributed by atoms with E-state index in [9.17, 15) is 10.1 Å². The molecule has 2 atom stereocenters. The molecule has 21 heavy (non-hydrogen) atoms. The molecule has 1 aromatic rings. The molecule has 0 saturated carbocycles. The minimum Gasteiger partial charge on any atom is -0.469 e. The Hall–Kier alpha value is -2.35. The Morgan fingerprint density at radius 3 is 2.81 bits per heavy atom. The fourth-order valence-electron chi connectivity index (χ4n) is 3.14. The number of carbonyl (C=O) groups excluding carboxylic acids is 1. The molecular weight excluding hydrogens is 268 g/mol. The molecule has 0 radical (unpaired) electrons. The smallest absolute Gasteiger partial charge is 0.205 e. The van der Waals surface area contributed by atoms with Crippen molar-refractivity contribution in [1.82, 2.24) is 0 Å². The average molecular weight is 284 g/mol. The second-order valence-corrected chi connectivity index (χ2v) is 6.34. The lowest BCUT2D eigenvalue weighted by molar-refractivity contribution is -0.119. The summed E-state index contributed by atoms with van der Waals surface area (Å²) in [5, 5.41) is 17.3. The Morgan fingerprint density at radius 1 is 1.43 bits per heavy atom. The first kappa shape index (κ1) is 13.6. The molecule has 1 aliphatic heterocycles. The number of nitrogens with zero attached hydrogens (tertiary/aromatic N) is 1. The minimum atomic E-state index is -0.819. The third-order valence-electron chi connectivity index (χ3n) is 4.03. The molecule has 0 saturated heterocycles. The second-order valence-electron chi connectivity index (χ2n) is 6.34. The van der Waals surface area contributed by atoms with Gasteiger partial charge in [0.15, 0.2) is 5.78 Å². The Morgan fingerprint density at radius 2 is 2.19 bits per heavy atom. The Bertz CT molecular complexity index is 677. The fraction of sp³-hybridized carbons (Fsp3) is 0.438. The number of allylic oxidation sites excluding steroid dienone is 2. The number of hydrogen-bond donors (Lipinski definition) is 1. The molecule has 0 spiro atoms. The largest absolute Gasteiger partial charge is 0.469 e. The highest BCUT2D eigenvalue weighted by Crippen LogP contribution is 2.47. The van der Waals surface area contributed by atoms with Gasteiger partial charge in [-0.25, -0.2) is 0 Å². The van der Waals surface area contributed by atoms with Crippen LogP contribution in [0.5, 0.6) is 0 Å². The Labute approximate surface area is 122 Å². The Balaban J connectivity index is 2.16. The van der Waals surface area contributed by atoms with Gasteiger partial charge in [0.2, 0.25) is 5.90 Å². The highest BCUT2D eigenvalue weighted by Gasteiger charge is 2.47. The molecule has 5 heteroatoms. The highest BCUT2D eigenvalue weighted by molar-refractivity contribution is 6.01. The second kappa shape index (κ2) is 4.59. The molecule has 3 rings (SSSR count). The van der Waals surface area contributed by atoms with Gasteiger partial charge in [-0.2, -0.15) is 5.26 Å². The zero-order valence-electron chi connectivity index (χ0n) is 12.0. The molecule has 5 nitrogen and oxygen atoms in total. The van der Waals surface area contributed by atoms with Gasteiger partial charge in [0.25, 0.3) is 0 Å². The van der Waals surface area contributed by atoms with Gasteiger partial charge < -0.3 is 9.15 Å². The molecule has 108 valence electrons. The number of hydrogen-bond acceptors (Lipinski definition) is 5. The molecule has 1 aromatic heterocycles. The third-order valence-corrected chi connectivity index (χ3v) is 4.03. The molecule has 0 fully saturated rings. The van der Waals surface area contributed by atoms with E-state index in [1.54, 1.807) is 12.1 Å².